The fourth-order valence-electron chi connectivity index (χ4n) is 4.14. The zero-order valence-electron chi connectivity index (χ0n) is 13.5. The molecule has 21 heavy (non-hydrogen) atoms. The summed E-state index contributed by atoms with van der Waals surface area (Å²) in [5.41, 5.74) is 1.13. The molecule has 3 aliphatic rings. The largest absolute Gasteiger partial charge is 0.393 e. The summed E-state index contributed by atoms with van der Waals surface area (Å²) in [5.74, 6) is 0.249. The molecule has 0 aromatic heterocycles. The minimum Gasteiger partial charge on any atom is -0.393 e. The van der Waals surface area contributed by atoms with E-state index < -0.39 is 6.10 Å². The first kappa shape index (κ1) is 15.4. The fraction of sp³-hybridized carbons (Fsp3) is 0.812. The van der Waals surface area contributed by atoms with Crippen molar-refractivity contribution in [2.45, 2.75) is 57.6 Å². The first-order valence-corrected chi connectivity index (χ1v) is 8.79. The molecule has 0 spiro atoms. The van der Waals surface area contributed by atoms with Crippen LogP contribution in [0.5, 0.6) is 0 Å². The van der Waals surface area contributed by atoms with Crippen LogP contribution in [0.4, 0.5) is 0 Å². The molecule has 0 saturated carbocycles. The topological polar surface area (TPSA) is 43.8 Å². The summed E-state index contributed by atoms with van der Waals surface area (Å²) in [5, 5.41) is 10.5. The molecule has 1 amide bonds. The lowest BCUT2D eigenvalue weighted by atomic mass is 9.79. The molecule has 5 heteroatoms. The number of carbonyl (C=O) groups is 1. The maximum atomic E-state index is 12.2. The van der Waals surface area contributed by atoms with E-state index in [1.807, 2.05) is 16.7 Å². The molecular weight excluding hydrogens is 284 g/mol. The fourth-order valence-corrected chi connectivity index (χ4v) is 5.81. The second-order valence-corrected chi connectivity index (χ2v) is 8.31. The van der Waals surface area contributed by atoms with Gasteiger partial charge in [0.2, 0.25) is 5.91 Å². The number of carbonyl (C=O) groups excluding carboxylic acids is 1. The number of β-lactam (4-membered cyclic amide) rings is 1. The van der Waals surface area contributed by atoms with E-state index in [1.54, 1.807) is 6.92 Å². The molecule has 3 rings (SSSR count). The lowest BCUT2D eigenvalue weighted by molar-refractivity contribution is -0.159. The lowest BCUT2D eigenvalue weighted by Gasteiger charge is -2.46. The van der Waals surface area contributed by atoms with Crippen molar-refractivity contribution >= 4 is 17.7 Å². The highest BCUT2D eigenvalue weighted by Gasteiger charge is 2.57. The van der Waals surface area contributed by atoms with Gasteiger partial charge in [-0.05, 0) is 34.2 Å². The Bertz CT molecular complexity index is 481. The van der Waals surface area contributed by atoms with Gasteiger partial charge < -0.3 is 14.9 Å². The summed E-state index contributed by atoms with van der Waals surface area (Å²) >= 11 is 1.96. The van der Waals surface area contributed by atoms with Crippen molar-refractivity contribution in [3.05, 3.63) is 10.6 Å². The Morgan fingerprint density at radius 2 is 2.05 bits per heavy atom. The Kier molecular flexibility index (Phi) is 3.87. The number of fused-ring (bicyclic) bond motifs is 1. The highest BCUT2D eigenvalue weighted by atomic mass is 32.2. The Labute approximate surface area is 131 Å². The van der Waals surface area contributed by atoms with E-state index in [4.69, 9.17) is 0 Å². The van der Waals surface area contributed by atoms with Crippen molar-refractivity contribution in [2.75, 3.05) is 13.6 Å². The number of rotatable bonds is 3. The molecule has 1 N–H and O–H groups in total. The molecule has 0 aromatic rings. The van der Waals surface area contributed by atoms with Crippen molar-refractivity contribution in [1.29, 1.82) is 0 Å². The molecule has 0 aromatic carbocycles. The van der Waals surface area contributed by atoms with Crippen molar-refractivity contribution in [2.24, 2.45) is 11.8 Å². The predicted molar refractivity (Wildman–Crippen MR) is 85.8 cm³/mol. The van der Waals surface area contributed by atoms with Crippen LogP contribution in [-0.2, 0) is 4.79 Å². The molecule has 0 aliphatic carbocycles. The molecule has 3 heterocycles. The third-order valence-electron chi connectivity index (χ3n) is 5.49. The number of hydrogen-bond acceptors (Lipinski definition) is 4. The molecule has 118 valence electrons. The van der Waals surface area contributed by atoms with Crippen LogP contribution in [0, 0.1) is 11.8 Å². The average Bonchev–Trinajstić information content (AvgIpc) is 2.79. The van der Waals surface area contributed by atoms with Gasteiger partial charge in [0.15, 0.2) is 0 Å². The first-order valence-electron chi connectivity index (χ1n) is 7.91. The lowest BCUT2D eigenvalue weighted by Crippen LogP contribution is -2.62. The van der Waals surface area contributed by atoms with Crippen LogP contribution in [0.25, 0.3) is 0 Å². The van der Waals surface area contributed by atoms with E-state index in [0.717, 1.165) is 12.2 Å². The van der Waals surface area contributed by atoms with Crippen LogP contribution in [0.2, 0.25) is 0 Å². The maximum Gasteiger partial charge on any atom is 0.234 e. The van der Waals surface area contributed by atoms with E-state index in [0.29, 0.717) is 17.2 Å². The molecule has 2 fully saturated rings. The van der Waals surface area contributed by atoms with Gasteiger partial charge in [-0.1, -0.05) is 6.92 Å². The molecule has 3 aliphatic heterocycles. The Hall–Kier alpha value is -0.520. The minimum atomic E-state index is -0.545. The van der Waals surface area contributed by atoms with Crippen molar-refractivity contribution in [3.8, 4) is 0 Å². The number of allylic oxidation sites excluding steroid dienone is 1. The van der Waals surface area contributed by atoms with E-state index >= 15 is 0 Å². The molecule has 4 nitrogen and oxygen atoms in total. The van der Waals surface area contributed by atoms with Crippen LogP contribution in [0.15, 0.2) is 10.6 Å². The minimum absolute atomic E-state index is 0.104. The second kappa shape index (κ2) is 5.28. The van der Waals surface area contributed by atoms with Gasteiger partial charge in [-0.25, -0.2) is 0 Å². The molecule has 0 bridgehead atoms. The van der Waals surface area contributed by atoms with Crippen molar-refractivity contribution in [3.63, 3.8) is 0 Å². The highest BCUT2D eigenvalue weighted by Crippen LogP contribution is 2.51. The average molecular weight is 310 g/mol. The number of thioether (sulfide) groups is 1. The zero-order chi connectivity index (χ0) is 15.5. The standard InChI is InChI=1S/C16H26N2O2S/c1-8-6-12(7-17(8)5)21-15-9(2)14-13(11(4)19)16(20)18(14)10(15)3/h8-9,11-14,19H,6-7H2,1-5H3. The Morgan fingerprint density at radius 1 is 1.38 bits per heavy atom. The van der Waals surface area contributed by atoms with Gasteiger partial charge in [0, 0.05) is 34.4 Å². The number of hydrogen-bond donors (Lipinski definition) is 1. The SMILES string of the molecule is CC1=C(SC2CC(C)N(C)C2)C(C)C2C(C(C)O)C(=O)N12. The van der Waals surface area contributed by atoms with Crippen LogP contribution >= 0.6 is 11.8 Å². The van der Waals surface area contributed by atoms with Gasteiger partial charge in [0.1, 0.15) is 0 Å². The summed E-state index contributed by atoms with van der Waals surface area (Å²) in [6.07, 6.45) is 0.666. The third-order valence-corrected chi connectivity index (χ3v) is 7.09. The summed E-state index contributed by atoms with van der Waals surface area (Å²) in [6, 6.07) is 0.820. The van der Waals surface area contributed by atoms with E-state index in [2.05, 4.69) is 32.7 Å². The van der Waals surface area contributed by atoms with Crippen LogP contribution < -0.4 is 0 Å². The summed E-state index contributed by atoms with van der Waals surface area (Å²) in [4.78, 5) is 17.9. The number of aliphatic hydroxyl groups excluding tert-OH is 1. The van der Waals surface area contributed by atoms with Gasteiger partial charge in [0.05, 0.1) is 18.1 Å². The van der Waals surface area contributed by atoms with E-state index in [1.165, 1.54) is 11.3 Å². The molecule has 0 radical (unpaired) electrons. The van der Waals surface area contributed by atoms with E-state index in [-0.39, 0.29) is 17.9 Å². The second-order valence-electron chi connectivity index (χ2n) is 6.97. The summed E-state index contributed by atoms with van der Waals surface area (Å²) < 4.78 is 0. The normalized spacial score (nSPS) is 41.5. The van der Waals surface area contributed by atoms with Gasteiger partial charge in [-0.3, -0.25) is 4.79 Å². The summed E-state index contributed by atoms with van der Waals surface area (Å²) in [7, 11) is 2.19. The zero-order valence-corrected chi connectivity index (χ0v) is 14.4. The highest BCUT2D eigenvalue weighted by molar-refractivity contribution is 8.03. The van der Waals surface area contributed by atoms with Crippen molar-refractivity contribution in [1.82, 2.24) is 9.80 Å². The van der Waals surface area contributed by atoms with Crippen LogP contribution in [0.3, 0.4) is 0 Å². The Balaban J connectivity index is 1.75. The van der Waals surface area contributed by atoms with Crippen LogP contribution in [-0.4, -0.2) is 57.8 Å². The predicted octanol–water partition coefficient (Wildman–Crippen LogP) is 1.90. The first-order chi connectivity index (χ1) is 9.82. The number of likely N-dealkylation sites (tertiary alicyclic amines) is 1. The smallest absolute Gasteiger partial charge is 0.234 e. The van der Waals surface area contributed by atoms with Gasteiger partial charge >= 0.3 is 0 Å². The molecule has 6 unspecified atom stereocenters. The number of amides is 1. The molecular formula is C16H26N2O2S. The van der Waals surface area contributed by atoms with Gasteiger partial charge in [-0.15, -0.1) is 11.8 Å². The van der Waals surface area contributed by atoms with Crippen molar-refractivity contribution < 1.29 is 9.90 Å². The molecule has 2 saturated heterocycles. The molecule has 6 atom stereocenters. The monoisotopic (exact) mass is 310 g/mol. The number of nitrogens with zero attached hydrogens (tertiary/aromatic N) is 2. The van der Waals surface area contributed by atoms with Gasteiger partial charge in [-0.2, -0.15) is 0 Å². The van der Waals surface area contributed by atoms with Crippen LogP contribution in [0.1, 0.15) is 34.1 Å². The maximum absolute atomic E-state index is 12.2. The third kappa shape index (κ3) is 2.25. The summed E-state index contributed by atoms with van der Waals surface area (Å²) in [6.45, 7) is 9.41. The van der Waals surface area contributed by atoms with Gasteiger partial charge in [0.25, 0.3) is 0 Å². The number of aliphatic hydroxyl groups is 1. The quantitative estimate of drug-likeness (QED) is 0.809. The van der Waals surface area contributed by atoms with E-state index in [9.17, 15) is 9.90 Å². The Morgan fingerprint density at radius 3 is 2.57 bits per heavy atom.